The number of anilines is 1. The van der Waals surface area contributed by atoms with Crippen LogP contribution in [0.5, 0.6) is 0 Å². The second kappa shape index (κ2) is 4.38. The van der Waals surface area contributed by atoms with Gasteiger partial charge >= 0.3 is 0 Å². The Hall–Kier alpha value is -1.81. The van der Waals surface area contributed by atoms with E-state index in [-0.39, 0.29) is 0 Å². The van der Waals surface area contributed by atoms with E-state index in [1.165, 1.54) is 29.7 Å². The lowest BCUT2D eigenvalue weighted by Crippen LogP contribution is -2.16. The Bertz CT molecular complexity index is 716. The molecule has 1 aliphatic carbocycles. The third-order valence-corrected chi connectivity index (χ3v) is 4.74. The predicted octanol–water partition coefficient (Wildman–Crippen LogP) is 4.38. The van der Waals surface area contributed by atoms with Gasteiger partial charge in [0.2, 0.25) is 0 Å². The fraction of sp³-hybridized carbons (Fsp3) is 0.267. The molecule has 1 N–H and O–H groups in total. The monoisotopic (exact) mass is 270 g/mol. The molecule has 1 unspecified atom stereocenters. The van der Waals surface area contributed by atoms with Gasteiger partial charge in [0, 0.05) is 11.1 Å². The zero-order valence-electron chi connectivity index (χ0n) is 10.4. The van der Waals surface area contributed by atoms with Gasteiger partial charge in [-0.25, -0.2) is 4.98 Å². The summed E-state index contributed by atoms with van der Waals surface area (Å²) in [6.45, 7) is 0. The highest BCUT2D eigenvalue weighted by Gasteiger charge is 2.22. The van der Waals surface area contributed by atoms with Crippen molar-refractivity contribution in [1.82, 2.24) is 4.98 Å². The van der Waals surface area contributed by atoms with Crippen molar-refractivity contribution in [3.8, 4) is 0 Å². The Morgan fingerprint density at radius 1 is 1.32 bits per heavy atom. The zero-order valence-corrected chi connectivity index (χ0v) is 11.2. The number of aryl methyl sites for hydroxylation is 1. The van der Waals surface area contributed by atoms with E-state index in [9.17, 15) is 0 Å². The smallest absolute Gasteiger partial charge is 0.139 e. The van der Waals surface area contributed by atoms with Gasteiger partial charge in [-0.2, -0.15) is 0 Å². The summed E-state index contributed by atoms with van der Waals surface area (Å²) in [5.41, 5.74) is 2.33. The third-order valence-electron chi connectivity index (χ3n) is 3.74. The van der Waals surface area contributed by atoms with Crippen LogP contribution in [0.4, 0.5) is 5.82 Å². The maximum Gasteiger partial charge on any atom is 0.139 e. The summed E-state index contributed by atoms with van der Waals surface area (Å²) < 4.78 is 5.42. The average Bonchev–Trinajstić information content (AvgIpc) is 3.08. The molecule has 3 heterocycles. The fourth-order valence-corrected chi connectivity index (χ4v) is 3.80. The number of nitrogens with one attached hydrogen (secondary N) is 1. The number of nitrogens with zero attached hydrogens (tertiary/aromatic N) is 1. The van der Waals surface area contributed by atoms with Crippen molar-refractivity contribution in [1.29, 1.82) is 0 Å². The number of pyridine rings is 1. The molecule has 0 radical (unpaired) electrons. The molecule has 1 atom stereocenters. The lowest BCUT2D eigenvalue weighted by Gasteiger charge is -2.24. The molecular weight excluding hydrogens is 256 g/mol. The van der Waals surface area contributed by atoms with Gasteiger partial charge in [-0.1, -0.05) is 0 Å². The highest BCUT2D eigenvalue weighted by molar-refractivity contribution is 7.10. The Morgan fingerprint density at radius 3 is 3.32 bits per heavy atom. The summed E-state index contributed by atoms with van der Waals surface area (Å²) in [5.74, 6) is 0.926. The molecule has 19 heavy (non-hydrogen) atoms. The van der Waals surface area contributed by atoms with Crippen LogP contribution in [-0.4, -0.2) is 4.98 Å². The van der Waals surface area contributed by atoms with E-state index in [2.05, 4.69) is 21.7 Å². The molecule has 3 aromatic heterocycles. The summed E-state index contributed by atoms with van der Waals surface area (Å²) in [5, 5.41) is 6.84. The Balaban J connectivity index is 1.71. The first-order chi connectivity index (χ1) is 9.42. The van der Waals surface area contributed by atoms with Gasteiger partial charge in [-0.3, -0.25) is 0 Å². The summed E-state index contributed by atoms with van der Waals surface area (Å²) in [6.07, 6.45) is 7.14. The lowest BCUT2D eigenvalue weighted by atomic mass is 9.94. The molecule has 96 valence electrons. The molecule has 3 nitrogen and oxygen atoms in total. The molecule has 0 fully saturated rings. The van der Waals surface area contributed by atoms with Crippen molar-refractivity contribution in [3.05, 3.63) is 46.5 Å². The normalized spacial score (nSPS) is 18.4. The van der Waals surface area contributed by atoms with Gasteiger partial charge in [-0.05, 0) is 48.4 Å². The topological polar surface area (TPSA) is 38.1 Å². The van der Waals surface area contributed by atoms with E-state index in [1.807, 2.05) is 23.5 Å². The number of hydrogen-bond acceptors (Lipinski definition) is 4. The summed E-state index contributed by atoms with van der Waals surface area (Å²) in [6, 6.07) is 6.49. The van der Waals surface area contributed by atoms with Crippen LogP contribution in [-0.2, 0) is 6.42 Å². The molecule has 1 aliphatic rings. The van der Waals surface area contributed by atoms with E-state index >= 15 is 0 Å². The van der Waals surface area contributed by atoms with E-state index in [1.54, 1.807) is 12.5 Å². The molecule has 0 aliphatic heterocycles. The highest BCUT2D eigenvalue weighted by atomic mass is 32.1. The van der Waals surface area contributed by atoms with Gasteiger partial charge in [0.25, 0.3) is 0 Å². The van der Waals surface area contributed by atoms with Crippen molar-refractivity contribution < 1.29 is 4.42 Å². The molecule has 0 saturated heterocycles. The minimum atomic E-state index is 0.378. The van der Waals surface area contributed by atoms with Crippen LogP contribution in [0.15, 0.2) is 40.5 Å². The maximum absolute atomic E-state index is 5.42. The average molecular weight is 270 g/mol. The highest BCUT2D eigenvalue weighted by Crippen LogP contribution is 2.36. The standard InChI is InChI=1S/C15H14N2OS/c1-2-12(10-6-9-19-14(10)3-1)17-15-11-5-8-18-13(11)4-7-16-15/h4-9,12H,1-3H2,(H,16,17). The van der Waals surface area contributed by atoms with Crippen LogP contribution >= 0.6 is 11.3 Å². The molecule has 0 amide bonds. The second-order valence-corrected chi connectivity index (χ2v) is 5.88. The van der Waals surface area contributed by atoms with E-state index in [0.717, 1.165) is 16.8 Å². The molecule has 0 spiro atoms. The number of fused-ring (bicyclic) bond motifs is 2. The Kier molecular flexibility index (Phi) is 2.55. The minimum absolute atomic E-state index is 0.378. The van der Waals surface area contributed by atoms with E-state index in [4.69, 9.17) is 4.42 Å². The van der Waals surface area contributed by atoms with Gasteiger partial charge in [0.05, 0.1) is 17.7 Å². The first-order valence-electron chi connectivity index (χ1n) is 6.57. The molecule has 0 saturated carbocycles. The zero-order chi connectivity index (χ0) is 12.7. The van der Waals surface area contributed by atoms with Crippen molar-refractivity contribution in [3.63, 3.8) is 0 Å². The first kappa shape index (κ1) is 11.1. The SMILES string of the molecule is c1cc2occc2c(NC2CCCc3sccc32)n1. The molecule has 4 rings (SSSR count). The summed E-state index contributed by atoms with van der Waals surface area (Å²) >= 11 is 1.87. The van der Waals surface area contributed by atoms with Crippen molar-refractivity contribution >= 4 is 28.1 Å². The largest absolute Gasteiger partial charge is 0.464 e. The molecular formula is C15H14N2OS. The first-order valence-corrected chi connectivity index (χ1v) is 7.45. The van der Waals surface area contributed by atoms with Crippen LogP contribution in [0.2, 0.25) is 0 Å². The molecule has 4 heteroatoms. The fourth-order valence-electron chi connectivity index (χ4n) is 2.81. The van der Waals surface area contributed by atoms with Gasteiger partial charge < -0.3 is 9.73 Å². The van der Waals surface area contributed by atoms with Crippen LogP contribution in [0.25, 0.3) is 11.0 Å². The quantitative estimate of drug-likeness (QED) is 0.751. The van der Waals surface area contributed by atoms with Crippen LogP contribution in [0, 0.1) is 0 Å². The third kappa shape index (κ3) is 1.83. The van der Waals surface area contributed by atoms with Crippen molar-refractivity contribution in [2.45, 2.75) is 25.3 Å². The van der Waals surface area contributed by atoms with Crippen LogP contribution in [0.3, 0.4) is 0 Å². The number of furan rings is 1. The summed E-state index contributed by atoms with van der Waals surface area (Å²) in [7, 11) is 0. The number of thiophene rings is 1. The number of hydrogen-bond donors (Lipinski definition) is 1. The van der Waals surface area contributed by atoms with Crippen LogP contribution in [0.1, 0.15) is 29.3 Å². The second-order valence-electron chi connectivity index (χ2n) is 4.88. The van der Waals surface area contributed by atoms with E-state index < -0.39 is 0 Å². The lowest BCUT2D eigenvalue weighted by molar-refractivity contribution is 0.606. The maximum atomic E-state index is 5.42. The van der Waals surface area contributed by atoms with Crippen molar-refractivity contribution in [2.24, 2.45) is 0 Å². The Morgan fingerprint density at radius 2 is 2.32 bits per heavy atom. The minimum Gasteiger partial charge on any atom is -0.464 e. The number of rotatable bonds is 2. The van der Waals surface area contributed by atoms with Gasteiger partial charge in [0.1, 0.15) is 11.4 Å². The summed E-state index contributed by atoms with van der Waals surface area (Å²) in [4.78, 5) is 5.98. The molecule has 0 bridgehead atoms. The Labute approximate surface area is 115 Å². The van der Waals surface area contributed by atoms with Gasteiger partial charge in [0.15, 0.2) is 0 Å². The van der Waals surface area contributed by atoms with Crippen LogP contribution < -0.4 is 5.32 Å². The predicted molar refractivity (Wildman–Crippen MR) is 77.6 cm³/mol. The van der Waals surface area contributed by atoms with E-state index in [0.29, 0.717) is 6.04 Å². The molecule has 3 aromatic rings. The number of aromatic nitrogens is 1. The van der Waals surface area contributed by atoms with Gasteiger partial charge in [-0.15, -0.1) is 11.3 Å². The van der Waals surface area contributed by atoms with Crippen molar-refractivity contribution in [2.75, 3.05) is 5.32 Å². The molecule has 0 aromatic carbocycles.